The van der Waals surface area contributed by atoms with Crippen LogP contribution in [0.25, 0.3) is 0 Å². The van der Waals surface area contributed by atoms with E-state index in [1.165, 1.54) is 18.4 Å². The average Bonchev–Trinajstić information content (AvgIpc) is 3.08. The number of carboxylic acid groups (broad SMARTS) is 1. The van der Waals surface area contributed by atoms with Crippen molar-refractivity contribution in [3.8, 4) is 0 Å². The van der Waals surface area contributed by atoms with E-state index < -0.39 is 11.5 Å². The van der Waals surface area contributed by atoms with Gasteiger partial charge in [0, 0.05) is 11.5 Å². The molecule has 0 amide bonds. The Balaban J connectivity index is 2.21. The molecule has 3 heteroatoms. The van der Waals surface area contributed by atoms with E-state index in [1.807, 2.05) is 26.0 Å². The van der Waals surface area contributed by atoms with Gasteiger partial charge in [-0.1, -0.05) is 24.3 Å². The fourth-order valence-electron chi connectivity index (χ4n) is 2.40. The highest BCUT2D eigenvalue weighted by Gasteiger charge is 2.29. The van der Waals surface area contributed by atoms with Gasteiger partial charge in [-0.3, -0.25) is 4.79 Å². The molecule has 0 heterocycles. The highest BCUT2D eigenvalue weighted by atomic mass is 16.4. The van der Waals surface area contributed by atoms with Gasteiger partial charge in [-0.05, 0) is 43.7 Å². The molecule has 1 aliphatic rings. The Labute approximate surface area is 108 Å². The van der Waals surface area contributed by atoms with Crippen molar-refractivity contribution in [1.29, 1.82) is 0 Å². The van der Waals surface area contributed by atoms with Crippen LogP contribution in [0, 0.1) is 0 Å². The number of carbonyl (C=O) groups is 1. The predicted octanol–water partition coefficient (Wildman–Crippen LogP) is 2.86. The van der Waals surface area contributed by atoms with Gasteiger partial charge in [0.2, 0.25) is 0 Å². The standard InChI is InChI=1S/C15H21NO2/c1-15(2,16)13(9-14(17)18)12-7-5-11(6-8-12)10-3-4-10/h5-8,10,13H,3-4,9,16H2,1-2H3,(H,17,18). The summed E-state index contributed by atoms with van der Waals surface area (Å²) in [5.74, 6) is -0.226. The van der Waals surface area contributed by atoms with Crippen LogP contribution in [0.5, 0.6) is 0 Å². The molecule has 1 unspecified atom stereocenters. The molecule has 0 aliphatic heterocycles. The van der Waals surface area contributed by atoms with Crippen LogP contribution in [0.1, 0.15) is 56.1 Å². The second-order valence-corrected chi connectivity index (χ2v) is 5.91. The normalized spacial score (nSPS) is 17.5. The zero-order valence-corrected chi connectivity index (χ0v) is 11.0. The Hall–Kier alpha value is -1.35. The monoisotopic (exact) mass is 247 g/mol. The Kier molecular flexibility index (Phi) is 3.44. The maximum atomic E-state index is 11.0. The molecule has 3 N–H and O–H groups in total. The van der Waals surface area contributed by atoms with Gasteiger partial charge in [0.05, 0.1) is 6.42 Å². The van der Waals surface area contributed by atoms with Crippen molar-refractivity contribution in [2.24, 2.45) is 5.73 Å². The Morgan fingerprint density at radius 1 is 1.39 bits per heavy atom. The zero-order valence-electron chi connectivity index (χ0n) is 11.0. The number of rotatable bonds is 5. The molecule has 0 spiro atoms. The molecule has 3 nitrogen and oxygen atoms in total. The van der Waals surface area contributed by atoms with Crippen molar-refractivity contribution in [2.75, 3.05) is 0 Å². The van der Waals surface area contributed by atoms with E-state index in [9.17, 15) is 4.79 Å². The van der Waals surface area contributed by atoms with Crippen molar-refractivity contribution < 1.29 is 9.90 Å². The molecular formula is C15H21NO2. The first-order valence-corrected chi connectivity index (χ1v) is 6.48. The third kappa shape index (κ3) is 3.10. The second kappa shape index (κ2) is 4.73. The molecule has 1 aromatic carbocycles. The maximum absolute atomic E-state index is 11.0. The predicted molar refractivity (Wildman–Crippen MR) is 71.7 cm³/mol. The number of carboxylic acids is 1. The van der Waals surface area contributed by atoms with Crippen LogP contribution in [0.4, 0.5) is 0 Å². The average molecular weight is 247 g/mol. The summed E-state index contributed by atoms with van der Waals surface area (Å²) in [4.78, 5) is 11.0. The minimum Gasteiger partial charge on any atom is -0.481 e. The topological polar surface area (TPSA) is 63.3 Å². The van der Waals surface area contributed by atoms with Gasteiger partial charge in [-0.15, -0.1) is 0 Å². The zero-order chi connectivity index (χ0) is 13.3. The summed E-state index contributed by atoms with van der Waals surface area (Å²) in [5, 5.41) is 9.01. The molecule has 0 saturated heterocycles. The first kappa shape index (κ1) is 13.1. The van der Waals surface area contributed by atoms with E-state index in [1.54, 1.807) is 0 Å². The lowest BCUT2D eigenvalue weighted by atomic mass is 9.80. The van der Waals surface area contributed by atoms with Gasteiger partial charge >= 0.3 is 5.97 Å². The van der Waals surface area contributed by atoms with Gasteiger partial charge in [0.15, 0.2) is 0 Å². The molecule has 0 aromatic heterocycles. The Morgan fingerprint density at radius 3 is 2.33 bits per heavy atom. The number of nitrogens with two attached hydrogens (primary N) is 1. The fourth-order valence-corrected chi connectivity index (χ4v) is 2.40. The van der Waals surface area contributed by atoms with E-state index in [0.717, 1.165) is 11.5 Å². The lowest BCUT2D eigenvalue weighted by Crippen LogP contribution is -2.40. The first-order chi connectivity index (χ1) is 8.38. The molecule has 18 heavy (non-hydrogen) atoms. The highest BCUT2D eigenvalue weighted by Crippen LogP contribution is 2.40. The van der Waals surface area contributed by atoms with Crippen LogP contribution in [-0.2, 0) is 4.79 Å². The minimum atomic E-state index is -0.801. The fraction of sp³-hybridized carbons (Fsp3) is 0.533. The summed E-state index contributed by atoms with van der Waals surface area (Å²) >= 11 is 0. The van der Waals surface area contributed by atoms with Crippen LogP contribution >= 0.6 is 0 Å². The Morgan fingerprint density at radius 2 is 1.94 bits per heavy atom. The summed E-state index contributed by atoms with van der Waals surface area (Å²) in [5.41, 5.74) is 7.96. The van der Waals surface area contributed by atoms with E-state index in [0.29, 0.717) is 0 Å². The summed E-state index contributed by atoms with van der Waals surface area (Å²) in [6, 6.07) is 8.31. The van der Waals surface area contributed by atoms with Crippen LogP contribution in [0.3, 0.4) is 0 Å². The molecule has 0 bridgehead atoms. The largest absolute Gasteiger partial charge is 0.481 e. The summed E-state index contributed by atoms with van der Waals surface area (Å²) < 4.78 is 0. The molecule has 0 radical (unpaired) electrons. The van der Waals surface area contributed by atoms with Crippen molar-refractivity contribution in [3.05, 3.63) is 35.4 Å². The van der Waals surface area contributed by atoms with Crippen molar-refractivity contribution in [2.45, 2.75) is 50.5 Å². The van der Waals surface area contributed by atoms with Gasteiger partial charge in [-0.2, -0.15) is 0 Å². The lowest BCUT2D eigenvalue weighted by molar-refractivity contribution is -0.137. The van der Waals surface area contributed by atoms with Gasteiger partial charge in [0.1, 0.15) is 0 Å². The lowest BCUT2D eigenvalue weighted by Gasteiger charge is -2.30. The van der Waals surface area contributed by atoms with E-state index in [2.05, 4.69) is 12.1 Å². The van der Waals surface area contributed by atoms with Crippen LogP contribution in [0.15, 0.2) is 24.3 Å². The molecular weight excluding hydrogens is 226 g/mol. The van der Waals surface area contributed by atoms with Crippen LogP contribution < -0.4 is 5.73 Å². The summed E-state index contributed by atoms with van der Waals surface area (Å²) in [6.45, 7) is 3.77. The van der Waals surface area contributed by atoms with E-state index in [-0.39, 0.29) is 12.3 Å². The molecule has 1 aromatic rings. The SMILES string of the molecule is CC(C)(N)C(CC(=O)O)c1ccc(C2CC2)cc1. The minimum absolute atomic E-state index is 0.0757. The molecule has 2 rings (SSSR count). The van der Waals surface area contributed by atoms with Gasteiger partial charge in [0.25, 0.3) is 0 Å². The quantitative estimate of drug-likeness (QED) is 0.841. The smallest absolute Gasteiger partial charge is 0.304 e. The Bertz CT molecular complexity index is 427. The van der Waals surface area contributed by atoms with Crippen LogP contribution in [0.2, 0.25) is 0 Å². The third-order valence-corrected chi connectivity index (χ3v) is 3.66. The van der Waals surface area contributed by atoms with Gasteiger partial charge < -0.3 is 10.8 Å². The first-order valence-electron chi connectivity index (χ1n) is 6.48. The van der Waals surface area contributed by atoms with Crippen LogP contribution in [-0.4, -0.2) is 16.6 Å². The summed E-state index contributed by atoms with van der Waals surface area (Å²) in [7, 11) is 0. The maximum Gasteiger partial charge on any atom is 0.304 e. The molecule has 1 aliphatic carbocycles. The molecule has 1 atom stereocenters. The number of aliphatic carboxylic acids is 1. The number of hydrogen-bond donors (Lipinski definition) is 2. The van der Waals surface area contributed by atoms with E-state index in [4.69, 9.17) is 10.8 Å². The van der Waals surface area contributed by atoms with Crippen molar-refractivity contribution >= 4 is 5.97 Å². The molecule has 1 saturated carbocycles. The molecule has 98 valence electrons. The third-order valence-electron chi connectivity index (χ3n) is 3.66. The molecule has 1 fully saturated rings. The van der Waals surface area contributed by atoms with Crippen molar-refractivity contribution in [1.82, 2.24) is 0 Å². The second-order valence-electron chi connectivity index (χ2n) is 5.91. The van der Waals surface area contributed by atoms with E-state index >= 15 is 0 Å². The number of hydrogen-bond acceptors (Lipinski definition) is 2. The summed E-state index contributed by atoms with van der Waals surface area (Å²) in [6.07, 6.45) is 2.63. The van der Waals surface area contributed by atoms with Gasteiger partial charge in [-0.25, -0.2) is 0 Å². The number of benzene rings is 1. The van der Waals surface area contributed by atoms with Crippen molar-refractivity contribution in [3.63, 3.8) is 0 Å². The highest BCUT2D eigenvalue weighted by molar-refractivity contribution is 5.68.